The monoisotopic (exact) mass is 255 g/mol. The Bertz CT molecular complexity index is 382. The van der Waals surface area contributed by atoms with Gasteiger partial charge >= 0.3 is 0 Å². The molecule has 102 valence electrons. The first-order valence-corrected chi connectivity index (χ1v) is 6.24. The van der Waals surface area contributed by atoms with E-state index in [0.717, 1.165) is 12.2 Å². The van der Waals surface area contributed by atoms with Gasteiger partial charge in [-0.15, -0.1) is 0 Å². The van der Waals surface area contributed by atoms with Crippen LogP contribution in [0.3, 0.4) is 0 Å². The summed E-state index contributed by atoms with van der Waals surface area (Å²) in [6.45, 7) is 7.08. The van der Waals surface area contributed by atoms with E-state index in [1.165, 1.54) is 12.1 Å². The van der Waals surface area contributed by atoms with Crippen molar-refractivity contribution in [3.05, 3.63) is 29.6 Å². The zero-order valence-electron chi connectivity index (χ0n) is 11.5. The highest BCUT2D eigenvalue weighted by atomic mass is 19.1. The first-order valence-electron chi connectivity index (χ1n) is 6.24. The van der Waals surface area contributed by atoms with Gasteiger partial charge in [-0.1, -0.05) is 0 Å². The molecular formula is C14H22FNO2. The molecular weight excluding hydrogens is 233 g/mol. The average molecular weight is 255 g/mol. The van der Waals surface area contributed by atoms with E-state index < -0.39 is 6.10 Å². The SMILES string of the molecule is CCN(c1ccc(F)cc1[C@H](C)O)C(C)COC. The van der Waals surface area contributed by atoms with Crippen LogP contribution in [0.1, 0.15) is 32.4 Å². The van der Waals surface area contributed by atoms with Crippen molar-refractivity contribution in [1.29, 1.82) is 0 Å². The summed E-state index contributed by atoms with van der Waals surface area (Å²) < 4.78 is 18.4. The lowest BCUT2D eigenvalue weighted by Gasteiger charge is -2.32. The normalized spacial score (nSPS) is 14.3. The minimum atomic E-state index is -0.695. The summed E-state index contributed by atoms with van der Waals surface area (Å²) in [5.41, 5.74) is 1.47. The van der Waals surface area contributed by atoms with Gasteiger partial charge < -0.3 is 14.7 Å². The number of likely N-dealkylation sites (N-methyl/N-ethyl adjacent to an activating group) is 1. The van der Waals surface area contributed by atoms with Gasteiger partial charge in [-0.25, -0.2) is 4.39 Å². The second-order valence-corrected chi connectivity index (χ2v) is 4.47. The Morgan fingerprint density at radius 3 is 2.56 bits per heavy atom. The third-order valence-corrected chi connectivity index (χ3v) is 3.03. The average Bonchev–Trinajstić information content (AvgIpc) is 2.32. The number of aliphatic hydroxyl groups excluding tert-OH is 1. The Labute approximate surface area is 108 Å². The van der Waals surface area contributed by atoms with Crippen LogP contribution in [-0.2, 0) is 4.74 Å². The van der Waals surface area contributed by atoms with E-state index in [0.29, 0.717) is 12.2 Å². The highest BCUT2D eigenvalue weighted by Crippen LogP contribution is 2.28. The molecule has 1 aromatic rings. The molecule has 1 N–H and O–H groups in total. The Morgan fingerprint density at radius 2 is 2.06 bits per heavy atom. The van der Waals surface area contributed by atoms with E-state index in [1.807, 2.05) is 13.8 Å². The van der Waals surface area contributed by atoms with Crippen molar-refractivity contribution in [3.63, 3.8) is 0 Å². The number of hydrogen-bond donors (Lipinski definition) is 1. The molecule has 0 bridgehead atoms. The molecule has 0 saturated carbocycles. The number of anilines is 1. The molecule has 2 atom stereocenters. The van der Waals surface area contributed by atoms with Gasteiger partial charge in [0.05, 0.1) is 12.7 Å². The Kier molecular flexibility index (Phi) is 5.56. The standard InChI is InChI=1S/C14H22FNO2/c1-5-16(10(2)9-18-4)14-7-6-12(15)8-13(14)11(3)17/h6-8,10-11,17H,5,9H2,1-4H3/t10?,11-/m0/s1. The predicted octanol–water partition coefficient (Wildman–Crippen LogP) is 2.74. The molecule has 0 aromatic heterocycles. The predicted molar refractivity (Wildman–Crippen MR) is 71.4 cm³/mol. The van der Waals surface area contributed by atoms with E-state index in [2.05, 4.69) is 4.90 Å². The van der Waals surface area contributed by atoms with Crippen LogP contribution in [0, 0.1) is 5.82 Å². The van der Waals surface area contributed by atoms with Crippen LogP contribution in [0.2, 0.25) is 0 Å². The van der Waals surface area contributed by atoms with Gasteiger partial charge in [0.15, 0.2) is 0 Å². The van der Waals surface area contributed by atoms with Crippen molar-refractivity contribution in [2.75, 3.05) is 25.2 Å². The van der Waals surface area contributed by atoms with Crippen molar-refractivity contribution in [3.8, 4) is 0 Å². The lowest BCUT2D eigenvalue weighted by molar-refractivity contribution is 0.180. The maximum Gasteiger partial charge on any atom is 0.123 e. The number of rotatable bonds is 6. The van der Waals surface area contributed by atoms with Gasteiger partial charge in [-0.3, -0.25) is 0 Å². The van der Waals surface area contributed by atoms with E-state index in [4.69, 9.17) is 4.74 Å². The number of ether oxygens (including phenoxy) is 1. The molecule has 0 amide bonds. The molecule has 1 aromatic carbocycles. The number of benzene rings is 1. The molecule has 1 rings (SSSR count). The summed E-state index contributed by atoms with van der Waals surface area (Å²) in [5.74, 6) is -0.329. The summed E-state index contributed by atoms with van der Waals surface area (Å²) in [5, 5.41) is 9.76. The summed E-state index contributed by atoms with van der Waals surface area (Å²) in [7, 11) is 1.66. The first kappa shape index (κ1) is 14.9. The highest BCUT2D eigenvalue weighted by Gasteiger charge is 2.18. The minimum Gasteiger partial charge on any atom is -0.389 e. The van der Waals surface area contributed by atoms with Crippen molar-refractivity contribution >= 4 is 5.69 Å². The fourth-order valence-corrected chi connectivity index (χ4v) is 2.17. The van der Waals surface area contributed by atoms with Crippen LogP contribution in [-0.4, -0.2) is 31.4 Å². The second kappa shape index (κ2) is 6.71. The van der Waals surface area contributed by atoms with Gasteiger partial charge in [-0.05, 0) is 39.0 Å². The van der Waals surface area contributed by atoms with E-state index >= 15 is 0 Å². The summed E-state index contributed by atoms with van der Waals surface area (Å²) >= 11 is 0. The fraction of sp³-hybridized carbons (Fsp3) is 0.571. The van der Waals surface area contributed by atoms with Crippen LogP contribution in [0.4, 0.5) is 10.1 Å². The third-order valence-electron chi connectivity index (χ3n) is 3.03. The van der Waals surface area contributed by atoms with Crippen molar-refractivity contribution in [1.82, 2.24) is 0 Å². The Balaban J connectivity index is 3.12. The zero-order chi connectivity index (χ0) is 13.7. The molecule has 0 saturated heterocycles. The summed E-state index contributed by atoms with van der Waals surface area (Å²) in [4.78, 5) is 2.10. The molecule has 1 unspecified atom stereocenters. The highest BCUT2D eigenvalue weighted by molar-refractivity contribution is 5.55. The Hall–Kier alpha value is -1.13. The van der Waals surface area contributed by atoms with E-state index in [1.54, 1.807) is 20.1 Å². The number of halogens is 1. The third kappa shape index (κ3) is 3.43. The molecule has 0 aliphatic heterocycles. The maximum absolute atomic E-state index is 13.3. The molecule has 0 radical (unpaired) electrons. The smallest absolute Gasteiger partial charge is 0.123 e. The molecule has 0 heterocycles. The molecule has 0 aliphatic carbocycles. The number of aliphatic hydroxyl groups is 1. The van der Waals surface area contributed by atoms with Crippen LogP contribution < -0.4 is 4.90 Å². The molecule has 0 aliphatic rings. The van der Waals surface area contributed by atoms with Gasteiger partial charge in [0.25, 0.3) is 0 Å². The van der Waals surface area contributed by atoms with E-state index in [-0.39, 0.29) is 11.9 Å². The maximum atomic E-state index is 13.3. The van der Waals surface area contributed by atoms with Crippen molar-refractivity contribution in [2.45, 2.75) is 32.9 Å². The summed E-state index contributed by atoms with van der Waals surface area (Å²) in [6.07, 6.45) is -0.695. The van der Waals surface area contributed by atoms with Gasteiger partial charge in [0.1, 0.15) is 5.82 Å². The summed E-state index contributed by atoms with van der Waals surface area (Å²) in [6, 6.07) is 4.70. The van der Waals surface area contributed by atoms with Crippen LogP contribution in [0.5, 0.6) is 0 Å². The lowest BCUT2D eigenvalue weighted by atomic mass is 10.1. The quantitative estimate of drug-likeness (QED) is 0.848. The molecule has 4 heteroatoms. The van der Waals surface area contributed by atoms with Gasteiger partial charge in [0.2, 0.25) is 0 Å². The number of nitrogens with zero attached hydrogens (tertiary/aromatic N) is 1. The van der Waals surface area contributed by atoms with Crippen molar-refractivity contribution in [2.24, 2.45) is 0 Å². The molecule has 18 heavy (non-hydrogen) atoms. The largest absolute Gasteiger partial charge is 0.389 e. The number of hydrogen-bond acceptors (Lipinski definition) is 3. The lowest BCUT2D eigenvalue weighted by Crippen LogP contribution is -2.36. The van der Waals surface area contributed by atoms with Gasteiger partial charge in [-0.2, -0.15) is 0 Å². The fourth-order valence-electron chi connectivity index (χ4n) is 2.17. The second-order valence-electron chi connectivity index (χ2n) is 4.47. The molecule has 3 nitrogen and oxygen atoms in total. The molecule has 0 fully saturated rings. The van der Waals surface area contributed by atoms with Crippen molar-refractivity contribution < 1.29 is 14.2 Å². The van der Waals surface area contributed by atoms with Crippen LogP contribution >= 0.6 is 0 Å². The van der Waals surface area contributed by atoms with E-state index in [9.17, 15) is 9.50 Å². The minimum absolute atomic E-state index is 0.169. The van der Waals surface area contributed by atoms with Crippen LogP contribution in [0.25, 0.3) is 0 Å². The topological polar surface area (TPSA) is 32.7 Å². The van der Waals surface area contributed by atoms with Gasteiger partial charge in [0, 0.05) is 30.9 Å². The Morgan fingerprint density at radius 1 is 1.39 bits per heavy atom. The van der Waals surface area contributed by atoms with Crippen LogP contribution in [0.15, 0.2) is 18.2 Å². The first-order chi connectivity index (χ1) is 8.51. The molecule has 0 spiro atoms. The zero-order valence-corrected chi connectivity index (χ0v) is 11.5. The number of methoxy groups -OCH3 is 1.